The highest BCUT2D eigenvalue weighted by atomic mass is 15.4. The minimum atomic E-state index is 0. The van der Waals surface area contributed by atoms with Gasteiger partial charge in [0.1, 0.15) is 0 Å². The van der Waals surface area contributed by atoms with E-state index in [4.69, 9.17) is 0 Å². The van der Waals surface area contributed by atoms with Crippen LogP contribution in [0.2, 0.25) is 0 Å². The molecule has 0 radical (unpaired) electrons. The zero-order valence-corrected chi connectivity index (χ0v) is 8.72. The van der Waals surface area contributed by atoms with Gasteiger partial charge in [0, 0.05) is 13.5 Å². The largest absolute Gasteiger partial charge is 0.254 e. The SMILES string of the molecule is CC.CC(C)C1NNC2CC1C2.[HH]. The quantitative estimate of drug-likeness (QED) is 0.633. The second-order valence-electron chi connectivity index (χ2n) is 3.99. The van der Waals surface area contributed by atoms with Gasteiger partial charge in [0.25, 0.3) is 0 Å². The maximum Gasteiger partial charge on any atom is 0.0265 e. The molecule has 3 aliphatic rings. The van der Waals surface area contributed by atoms with Crippen molar-refractivity contribution in [3.8, 4) is 0 Å². The molecule has 0 spiro atoms. The number of hydrazine groups is 1. The van der Waals surface area contributed by atoms with Crippen LogP contribution >= 0.6 is 0 Å². The number of hydrogen-bond acceptors (Lipinski definition) is 2. The Morgan fingerprint density at radius 1 is 1.17 bits per heavy atom. The van der Waals surface area contributed by atoms with Gasteiger partial charge in [0.2, 0.25) is 0 Å². The summed E-state index contributed by atoms with van der Waals surface area (Å²) in [5.74, 6) is 1.74. The van der Waals surface area contributed by atoms with Gasteiger partial charge in [-0.2, -0.15) is 0 Å². The fraction of sp³-hybridized carbons (Fsp3) is 1.00. The maximum absolute atomic E-state index is 3.37. The van der Waals surface area contributed by atoms with E-state index in [-0.39, 0.29) is 1.43 Å². The van der Waals surface area contributed by atoms with E-state index in [1.165, 1.54) is 12.8 Å². The van der Waals surface area contributed by atoms with Crippen LogP contribution in [0.1, 0.15) is 42.0 Å². The highest BCUT2D eigenvalue weighted by molar-refractivity contribution is 4.96. The van der Waals surface area contributed by atoms with Crippen molar-refractivity contribution >= 4 is 0 Å². The van der Waals surface area contributed by atoms with Crippen molar-refractivity contribution in [2.24, 2.45) is 11.8 Å². The zero-order chi connectivity index (χ0) is 9.14. The highest BCUT2D eigenvalue weighted by Crippen LogP contribution is 2.35. The number of fused-ring (bicyclic) bond motifs is 2. The Bertz CT molecular complexity index is 130. The number of hydrogen-bond donors (Lipinski definition) is 2. The van der Waals surface area contributed by atoms with Crippen molar-refractivity contribution in [3.05, 3.63) is 0 Å². The second-order valence-corrected chi connectivity index (χ2v) is 3.99. The molecule has 2 heterocycles. The van der Waals surface area contributed by atoms with Crippen LogP contribution in [0.4, 0.5) is 0 Å². The smallest absolute Gasteiger partial charge is 0.0265 e. The lowest BCUT2D eigenvalue weighted by Crippen LogP contribution is -2.65. The predicted molar refractivity (Wildman–Crippen MR) is 54.9 cm³/mol. The molecule has 12 heavy (non-hydrogen) atoms. The normalized spacial score (nSPS) is 38.2. The van der Waals surface area contributed by atoms with Crippen molar-refractivity contribution in [2.45, 2.75) is 52.6 Å². The van der Waals surface area contributed by atoms with Gasteiger partial charge in [-0.25, -0.2) is 0 Å². The van der Waals surface area contributed by atoms with Crippen LogP contribution in [0.3, 0.4) is 0 Å². The Labute approximate surface area is 77.6 Å². The fourth-order valence-corrected chi connectivity index (χ4v) is 2.12. The average molecular weight is 172 g/mol. The highest BCUT2D eigenvalue weighted by Gasteiger charge is 2.40. The second kappa shape index (κ2) is 4.24. The van der Waals surface area contributed by atoms with Gasteiger partial charge < -0.3 is 0 Å². The maximum atomic E-state index is 3.37. The summed E-state index contributed by atoms with van der Waals surface area (Å²) in [5, 5.41) is 0. The molecule has 1 unspecified atom stereocenters. The molecule has 0 aromatic rings. The molecular formula is C10H24N2. The summed E-state index contributed by atoms with van der Waals surface area (Å²) in [6, 6.07) is 1.52. The van der Waals surface area contributed by atoms with E-state index in [1.54, 1.807) is 0 Å². The molecule has 0 aromatic heterocycles. The van der Waals surface area contributed by atoms with Crippen molar-refractivity contribution in [3.63, 3.8) is 0 Å². The van der Waals surface area contributed by atoms with Crippen LogP contribution in [0, 0.1) is 11.8 Å². The minimum absolute atomic E-state index is 0. The average Bonchev–Trinajstić information content (AvgIpc) is 2.07. The van der Waals surface area contributed by atoms with Crippen LogP contribution in [-0.4, -0.2) is 12.1 Å². The van der Waals surface area contributed by atoms with Gasteiger partial charge in [-0.15, -0.1) is 0 Å². The first kappa shape index (κ1) is 10.0. The lowest BCUT2D eigenvalue weighted by molar-refractivity contribution is 0.0551. The summed E-state index contributed by atoms with van der Waals surface area (Å²) in [6.07, 6.45) is 2.80. The van der Waals surface area contributed by atoms with Crippen molar-refractivity contribution in [2.75, 3.05) is 0 Å². The van der Waals surface area contributed by atoms with Crippen LogP contribution in [0.25, 0.3) is 0 Å². The third kappa shape index (κ3) is 1.80. The Hall–Kier alpha value is -0.0800. The molecule has 2 saturated heterocycles. The van der Waals surface area contributed by atoms with Crippen molar-refractivity contribution in [1.29, 1.82) is 0 Å². The zero-order valence-electron chi connectivity index (χ0n) is 8.72. The molecule has 1 aliphatic carbocycles. The van der Waals surface area contributed by atoms with Gasteiger partial charge in [-0.3, -0.25) is 10.9 Å². The van der Waals surface area contributed by atoms with E-state index in [9.17, 15) is 0 Å². The van der Waals surface area contributed by atoms with Crippen LogP contribution in [0.5, 0.6) is 0 Å². The summed E-state index contributed by atoms with van der Waals surface area (Å²) in [4.78, 5) is 0. The third-order valence-electron chi connectivity index (χ3n) is 2.85. The summed E-state index contributed by atoms with van der Waals surface area (Å²) >= 11 is 0. The predicted octanol–water partition coefficient (Wildman–Crippen LogP) is 2.17. The molecule has 2 bridgehead atoms. The van der Waals surface area contributed by atoms with Crippen molar-refractivity contribution in [1.82, 2.24) is 10.9 Å². The van der Waals surface area contributed by atoms with Gasteiger partial charge in [-0.05, 0) is 24.7 Å². The van der Waals surface area contributed by atoms with Gasteiger partial charge >= 0.3 is 0 Å². The molecule has 0 aromatic carbocycles. The summed E-state index contributed by atoms with van der Waals surface area (Å²) < 4.78 is 0. The molecule has 2 heteroatoms. The van der Waals surface area contributed by atoms with Gasteiger partial charge in [0.05, 0.1) is 0 Å². The lowest BCUT2D eigenvalue weighted by atomic mass is 9.71. The van der Waals surface area contributed by atoms with Crippen molar-refractivity contribution < 1.29 is 1.43 Å². The van der Waals surface area contributed by atoms with Crippen LogP contribution < -0.4 is 10.9 Å². The molecule has 3 rings (SSSR count). The van der Waals surface area contributed by atoms with E-state index in [1.807, 2.05) is 13.8 Å². The first-order valence-corrected chi connectivity index (χ1v) is 5.28. The van der Waals surface area contributed by atoms with E-state index in [0.29, 0.717) is 0 Å². The molecule has 2 nitrogen and oxygen atoms in total. The number of nitrogens with one attached hydrogen (secondary N) is 2. The molecule has 74 valence electrons. The summed E-state index contributed by atoms with van der Waals surface area (Å²) in [6.45, 7) is 8.58. The molecule has 2 N–H and O–H groups in total. The third-order valence-corrected chi connectivity index (χ3v) is 2.85. The molecule has 3 fully saturated rings. The molecule has 0 amide bonds. The number of rotatable bonds is 1. The van der Waals surface area contributed by atoms with Crippen LogP contribution in [-0.2, 0) is 0 Å². The van der Waals surface area contributed by atoms with E-state index in [0.717, 1.165) is 23.9 Å². The molecule has 2 aliphatic heterocycles. The Morgan fingerprint density at radius 2 is 1.75 bits per heavy atom. The fourth-order valence-electron chi connectivity index (χ4n) is 2.12. The van der Waals surface area contributed by atoms with Gasteiger partial charge in [0.15, 0.2) is 0 Å². The summed E-state index contributed by atoms with van der Waals surface area (Å²) in [7, 11) is 0. The molecule has 1 saturated carbocycles. The lowest BCUT2D eigenvalue weighted by Gasteiger charge is -2.49. The van der Waals surface area contributed by atoms with Gasteiger partial charge in [-0.1, -0.05) is 27.7 Å². The van der Waals surface area contributed by atoms with E-state index < -0.39 is 0 Å². The van der Waals surface area contributed by atoms with E-state index >= 15 is 0 Å². The minimum Gasteiger partial charge on any atom is -0.254 e. The standard InChI is InChI=1S/C8H16N2.C2H6.H2/c1-5(2)8-6-3-7(4-6)9-10-8;1-2;/h5-10H,3-4H2,1-2H3;1-2H3;1H. The Kier molecular flexibility index (Phi) is 3.53. The monoisotopic (exact) mass is 172 g/mol. The first-order valence-electron chi connectivity index (χ1n) is 5.28. The Balaban J connectivity index is 0.000000451. The topological polar surface area (TPSA) is 24.1 Å². The molecule has 1 atom stereocenters. The molecular weight excluding hydrogens is 148 g/mol. The summed E-state index contributed by atoms with van der Waals surface area (Å²) in [5.41, 5.74) is 6.70. The van der Waals surface area contributed by atoms with E-state index in [2.05, 4.69) is 24.7 Å². The van der Waals surface area contributed by atoms with Crippen LogP contribution in [0.15, 0.2) is 0 Å². The Morgan fingerprint density at radius 3 is 2.00 bits per heavy atom. The first-order chi connectivity index (χ1) is 5.77.